The van der Waals surface area contributed by atoms with Crippen LogP contribution in [0.4, 0.5) is 9.59 Å². The van der Waals surface area contributed by atoms with Gasteiger partial charge in [-0.1, -0.05) is 58.4 Å². The zero-order valence-corrected chi connectivity index (χ0v) is 43.0. The molecule has 19 heteroatoms. The van der Waals surface area contributed by atoms with Gasteiger partial charge in [-0.25, -0.2) is 19.4 Å². The molecule has 74 heavy (non-hydrogen) atoms. The van der Waals surface area contributed by atoms with Crippen molar-refractivity contribution in [1.29, 1.82) is 0 Å². The number of pyridine rings is 2. The van der Waals surface area contributed by atoms with E-state index in [2.05, 4.69) is 5.32 Å². The molecule has 3 aliphatic heterocycles. The van der Waals surface area contributed by atoms with Crippen LogP contribution in [0.15, 0.2) is 65.5 Å². The number of likely N-dealkylation sites (N-methyl/N-ethyl adjacent to an activating group) is 2. The van der Waals surface area contributed by atoms with Crippen molar-refractivity contribution in [3.63, 3.8) is 0 Å². The van der Waals surface area contributed by atoms with Gasteiger partial charge in [0.05, 0.1) is 35.1 Å². The Morgan fingerprint density at radius 1 is 0.865 bits per heavy atom. The maximum absolute atomic E-state index is 13.7. The van der Waals surface area contributed by atoms with Gasteiger partial charge in [0.25, 0.3) is 17.4 Å². The molecule has 2 aromatic heterocycles. The van der Waals surface area contributed by atoms with Crippen molar-refractivity contribution in [2.24, 2.45) is 11.8 Å². The van der Waals surface area contributed by atoms with Crippen LogP contribution < -0.4 is 15.6 Å². The standard InChI is InChI=1S/C55H64N6O13/c1-8-38-40-27-37(18-19-44(40)57-49-41(38)29-61-45(49)28-43-42(51(61)67)31-72-52(68)55(43,71)9-2)74-54(70)59(7)24-23-58(6)53(69)73-30-35-16-14-34(15-17-35)25-46(63)33(5)56-50(66)39(32(3)4)26-36(62)13-11-10-12-22-60-47(64)20-21-48(60)65/h14-21,27-28,32-33,39,71H,8-13,22-26,29-31H2,1-7H3,(H,56,66)/t33-,39-,55-/m0/s1. The Bertz CT molecular complexity index is 2960. The number of Topliss-reactive ketones (excluding diaryl/α,β-unsaturated/α-hetero) is 2. The van der Waals surface area contributed by atoms with E-state index in [-0.39, 0.29) is 116 Å². The number of carbonyl (C=O) groups excluding carboxylic acids is 8. The number of amides is 5. The second kappa shape index (κ2) is 23.1. The van der Waals surface area contributed by atoms with Gasteiger partial charge in [0.15, 0.2) is 11.4 Å². The number of nitrogens with one attached hydrogen (secondary N) is 1. The number of benzene rings is 2. The molecule has 4 aromatic rings. The molecule has 19 nitrogen and oxygen atoms in total. The van der Waals surface area contributed by atoms with Gasteiger partial charge in [0, 0.05) is 87.6 Å². The maximum Gasteiger partial charge on any atom is 0.415 e. The predicted molar refractivity (Wildman–Crippen MR) is 270 cm³/mol. The van der Waals surface area contributed by atoms with Gasteiger partial charge >= 0.3 is 18.2 Å². The highest BCUT2D eigenvalue weighted by Crippen LogP contribution is 2.41. The van der Waals surface area contributed by atoms with Crippen LogP contribution in [0.2, 0.25) is 0 Å². The van der Waals surface area contributed by atoms with Crippen LogP contribution >= 0.6 is 0 Å². The number of fused-ring (bicyclic) bond motifs is 5. The third-order valence-corrected chi connectivity index (χ3v) is 14.2. The minimum atomic E-state index is -1.94. The Hall–Kier alpha value is -7.54. The molecule has 0 spiro atoms. The third-order valence-electron chi connectivity index (χ3n) is 14.2. The van der Waals surface area contributed by atoms with Gasteiger partial charge < -0.3 is 39.0 Å². The van der Waals surface area contributed by atoms with E-state index in [4.69, 9.17) is 19.2 Å². The number of rotatable bonds is 22. The van der Waals surface area contributed by atoms with Crippen LogP contribution in [-0.4, -0.2) is 117 Å². The second-order valence-electron chi connectivity index (χ2n) is 19.6. The lowest BCUT2D eigenvalue weighted by Gasteiger charge is -2.31. The highest BCUT2D eigenvalue weighted by Gasteiger charge is 2.45. The fraction of sp³-hybridized carbons (Fsp3) is 0.455. The first-order valence-electron chi connectivity index (χ1n) is 25.1. The molecule has 7 rings (SSSR count). The number of unbranched alkanes of at least 4 members (excludes halogenated alkanes) is 2. The van der Waals surface area contributed by atoms with Crippen molar-refractivity contribution in [3.8, 4) is 17.1 Å². The van der Waals surface area contributed by atoms with Gasteiger partial charge in [0.1, 0.15) is 24.7 Å². The van der Waals surface area contributed by atoms with E-state index < -0.39 is 35.7 Å². The summed E-state index contributed by atoms with van der Waals surface area (Å²) in [6.45, 7) is 9.48. The second-order valence-corrected chi connectivity index (χ2v) is 19.6. The summed E-state index contributed by atoms with van der Waals surface area (Å²) in [5.41, 5.74) is 2.97. The van der Waals surface area contributed by atoms with Gasteiger partial charge in [-0.05, 0) is 79.5 Å². The number of esters is 1. The van der Waals surface area contributed by atoms with Crippen molar-refractivity contribution in [2.45, 2.75) is 117 Å². The van der Waals surface area contributed by atoms with Crippen LogP contribution in [0.5, 0.6) is 5.75 Å². The molecule has 2 N–H and O–H groups in total. The Kier molecular flexibility index (Phi) is 16.9. The molecule has 0 bridgehead atoms. The lowest BCUT2D eigenvalue weighted by atomic mass is 9.86. The van der Waals surface area contributed by atoms with Crippen molar-refractivity contribution >= 4 is 58.3 Å². The molecule has 392 valence electrons. The lowest BCUT2D eigenvalue weighted by molar-refractivity contribution is -0.172. The summed E-state index contributed by atoms with van der Waals surface area (Å²) >= 11 is 0. The summed E-state index contributed by atoms with van der Waals surface area (Å²) < 4.78 is 18.0. The summed E-state index contributed by atoms with van der Waals surface area (Å²) in [6, 6.07) is 12.9. The highest BCUT2D eigenvalue weighted by molar-refractivity contribution is 6.12. The molecule has 0 unspecified atom stereocenters. The molecule has 0 aliphatic carbocycles. The number of aliphatic hydroxyl groups is 1. The van der Waals surface area contributed by atoms with Gasteiger partial charge in [-0.2, -0.15) is 0 Å². The van der Waals surface area contributed by atoms with Crippen molar-refractivity contribution < 1.29 is 57.7 Å². The Labute approximate surface area is 428 Å². The van der Waals surface area contributed by atoms with Gasteiger partial charge in [0.2, 0.25) is 5.91 Å². The number of hydrogen-bond acceptors (Lipinski definition) is 14. The van der Waals surface area contributed by atoms with Crippen molar-refractivity contribution in [2.75, 3.05) is 33.7 Å². The normalized spacial score (nSPS) is 16.3. The van der Waals surface area contributed by atoms with Crippen LogP contribution in [0.25, 0.3) is 22.3 Å². The van der Waals surface area contributed by atoms with E-state index in [0.717, 1.165) is 16.5 Å². The fourth-order valence-corrected chi connectivity index (χ4v) is 9.43. The molecular weight excluding hydrogens is 953 g/mol. The lowest BCUT2D eigenvalue weighted by Crippen LogP contribution is -2.44. The topological polar surface area (TPSA) is 241 Å². The molecular formula is C55H64N6O13. The molecule has 0 fully saturated rings. The quantitative estimate of drug-likeness (QED) is 0.0482. The molecule has 2 aromatic carbocycles. The number of ketones is 2. The SMILES string of the molecule is CCc1c2c(nc3ccc(OC(=O)N(C)CCN(C)C(=O)OCc4ccc(CC(=O)[C@H](C)NC(=O)[C@@H](CC(=O)CCCCCN5C(=O)C=CC5=O)C(C)C)cc4)cc13)-c1cc3c(c(=O)n1C2)COC(=O)[C@]3(O)CC. The molecule has 0 saturated carbocycles. The molecule has 3 aliphatic rings. The van der Waals surface area contributed by atoms with Crippen LogP contribution in [0.1, 0.15) is 107 Å². The van der Waals surface area contributed by atoms with Gasteiger partial charge in [-0.3, -0.25) is 33.7 Å². The average Bonchev–Trinajstić information content (AvgIpc) is 3.91. The molecule has 0 radical (unpaired) electrons. The largest absolute Gasteiger partial charge is 0.458 e. The number of aromatic nitrogens is 2. The van der Waals surface area contributed by atoms with Crippen LogP contribution in [-0.2, 0) is 76.4 Å². The summed E-state index contributed by atoms with van der Waals surface area (Å²) in [5.74, 6) is -2.58. The van der Waals surface area contributed by atoms with E-state index in [1.165, 1.54) is 26.9 Å². The summed E-state index contributed by atoms with van der Waals surface area (Å²) in [7, 11) is 3.09. The minimum Gasteiger partial charge on any atom is -0.458 e. The smallest absolute Gasteiger partial charge is 0.415 e. The van der Waals surface area contributed by atoms with E-state index in [1.807, 2.05) is 20.8 Å². The Balaban J connectivity index is 0.838. The summed E-state index contributed by atoms with van der Waals surface area (Å²) in [6.07, 6.45) is 4.00. The van der Waals surface area contributed by atoms with E-state index in [1.54, 1.807) is 81.0 Å². The fourth-order valence-electron chi connectivity index (χ4n) is 9.43. The monoisotopic (exact) mass is 1020 g/mol. The van der Waals surface area contributed by atoms with Crippen molar-refractivity contribution in [1.82, 2.24) is 29.6 Å². The number of ether oxygens (including phenoxy) is 3. The number of hydrogen-bond donors (Lipinski definition) is 2. The zero-order valence-electron chi connectivity index (χ0n) is 43.0. The summed E-state index contributed by atoms with van der Waals surface area (Å²) in [5, 5.41) is 14.8. The first-order valence-corrected chi connectivity index (χ1v) is 25.1. The first-order chi connectivity index (χ1) is 35.2. The number of imide groups is 1. The van der Waals surface area contributed by atoms with E-state index in [0.29, 0.717) is 60.3 Å². The number of nitrogens with zero attached hydrogens (tertiary/aromatic N) is 5. The first kappa shape index (κ1) is 54.2. The zero-order chi connectivity index (χ0) is 53.6. The Morgan fingerprint density at radius 2 is 1.54 bits per heavy atom. The average molecular weight is 1020 g/mol. The van der Waals surface area contributed by atoms with E-state index >= 15 is 0 Å². The molecule has 5 amide bonds. The molecule has 3 atom stereocenters. The molecule has 5 heterocycles. The van der Waals surface area contributed by atoms with Crippen LogP contribution in [0.3, 0.4) is 0 Å². The highest BCUT2D eigenvalue weighted by atomic mass is 16.6. The maximum atomic E-state index is 13.7. The van der Waals surface area contributed by atoms with Crippen molar-refractivity contribution in [3.05, 3.63) is 104 Å². The van der Waals surface area contributed by atoms with Gasteiger partial charge in [-0.15, -0.1) is 0 Å². The number of carbonyl (C=O) groups is 8. The molecule has 0 saturated heterocycles. The Morgan fingerprint density at radius 3 is 2.20 bits per heavy atom. The number of aryl methyl sites for hydroxylation is 1. The van der Waals surface area contributed by atoms with E-state index in [9.17, 15) is 48.3 Å². The number of cyclic esters (lactones) is 1. The summed E-state index contributed by atoms with van der Waals surface area (Å²) in [4.78, 5) is 124. The van der Waals surface area contributed by atoms with Crippen LogP contribution in [0, 0.1) is 11.8 Å². The minimum absolute atomic E-state index is 0.0350. The predicted octanol–water partition coefficient (Wildman–Crippen LogP) is 5.67. The third kappa shape index (κ3) is 11.8.